The minimum atomic E-state index is -1.37. The molecule has 0 spiro atoms. The molecular formula is C18H28N4O6. The monoisotopic (exact) mass is 396 g/mol. The van der Waals surface area contributed by atoms with Gasteiger partial charge in [-0.3, -0.25) is 9.59 Å². The first-order chi connectivity index (χ1) is 13.3. The number of carbonyl (C=O) groups excluding carboxylic acids is 2. The summed E-state index contributed by atoms with van der Waals surface area (Å²) in [5, 5.41) is 23.6. The van der Waals surface area contributed by atoms with Crippen LogP contribution in [0.1, 0.15) is 18.9 Å². The second kappa shape index (κ2) is 12.0. The molecule has 156 valence electrons. The number of rotatable bonds is 12. The molecule has 2 amide bonds. The number of hydrogen-bond acceptors (Lipinski definition) is 7. The fraction of sp³-hybridized carbons (Fsp3) is 0.500. The van der Waals surface area contributed by atoms with E-state index >= 15 is 0 Å². The van der Waals surface area contributed by atoms with E-state index in [1.165, 1.54) is 6.92 Å². The van der Waals surface area contributed by atoms with Gasteiger partial charge in [-0.15, -0.1) is 0 Å². The molecule has 0 aromatic heterocycles. The Morgan fingerprint density at radius 3 is 2.25 bits per heavy atom. The second-order valence-electron chi connectivity index (χ2n) is 6.22. The molecular weight excluding hydrogens is 368 g/mol. The zero-order valence-corrected chi connectivity index (χ0v) is 15.7. The molecule has 0 saturated carbocycles. The van der Waals surface area contributed by atoms with Crippen molar-refractivity contribution in [3.05, 3.63) is 35.9 Å². The van der Waals surface area contributed by atoms with Crippen LogP contribution in [-0.2, 0) is 25.7 Å². The van der Waals surface area contributed by atoms with E-state index in [2.05, 4.69) is 10.6 Å². The molecule has 0 bridgehead atoms. The Morgan fingerprint density at radius 2 is 1.75 bits per heavy atom. The number of carbonyl (C=O) groups is 3. The van der Waals surface area contributed by atoms with Crippen LogP contribution in [0.25, 0.3) is 0 Å². The average Bonchev–Trinajstić information content (AvgIpc) is 2.66. The summed E-state index contributed by atoms with van der Waals surface area (Å²) in [6.07, 6.45) is -2.31. The van der Waals surface area contributed by atoms with Crippen molar-refractivity contribution < 1.29 is 29.3 Å². The Morgan fingerprint density at radius 1 is 1.11 bits per heavy atom. The SMILES string of the molecule is C[C@H](O)[C@H](NC(=O)[C@H](CN)OCc1ccccc1)C(=O)N[C@@H](CCN)C(=O)O. The van der Waals surface area contributed by atoms with E-state index in [0.29, 0.717) is 0 Å². The van der Waals surface area contributed by atoms with Gasteiger partial charge in [0.15, 0.2) is 0 Å². The number of hydrogen-bond donors (Lipinski definition) is 6. The lowest BCUT2D eigenvalue weighted by molar-refractivity contribution is -0.143. The summed E-state index contributed by atoms with van der Waals surface area (Å²) in [6.45, 7) is 1.34. The maximum atomic E-state index is 12.4. The summed E-state index contributed by atoms with van der Waals surface area (Å²) in [5.41, 5.74) is 11.8. The number of aliphatic carboxylic acids is 1. The molecule has 0 heterocycles. The molecule has 0 unspecified atom stereocenters. The lowest BCUT2D eigenvalue weighted by Crippen LogP contribution is -2.58. The molecule has 10 nitrogen and oxygen atoms in total. The van der Waals surface area contributed by atoms with Crippen LogP contribution in [0.2, 0.25) is 0 Å². The van der Waals surface area contributed by atoms with E-state index in [4.69, 9.17) is 21.3 Å². The molecule has 1 rings (SSSR count). The largest absolute Gasteiger partial charge is 0.480 e. The first-order valence-electron chi connectivity index (χ1n) is 8.87. The van der Waals surface area contributed by atoms with Crippen molar-refractivity contribution in [1.29, 1.82) is 0 Å². The van der Waals surface area contributed by atoms with Gasteiger partial charge in [0, 0.05) is 6.54 Å². The van der Waals surface area contributed by atoms with Crippen LogP contribution >= 0.6 is 0 Å². The van der Waals surface area contributed by atoms with Gasteiger partial charge in [0.1, 0.15) is 18.2 Å². The zero-order valence-electron chi connectivity index (χ0n) is 15.7. The lowest BCUT2D eigenvalue weighted by Gasteiger charge is -2.25. The van der Waals surface area contributed by atoms with E-state index < -0.39 is 42.1 Å². The molecule has 0 aliphatic rings. The molecule has 1 aromatic carbocycles. The first-order valence-corrected chi connectivity index (χ1v) is 8.87. The Bertz CT molecular complexity index is 640. The van der Waals surface area contributed by atoms with E-state index in [9.17, 15) is 19.5 Å². The number of nitrogens with two attached hydrogens (primary N) is 2. The van der Waals surface area contributed by atoms with Gasteiger partial charge in [-0.25, -0.2) is 4.79 Å². The number of carboxylic acid groups (broad SMARTS) is 1. The highest BCUT2D eigenvalue weighted by Gasteiger charge is 2.31. The fourth-order valence-corrected chi connectivity index (χ4v) is 2.36. The molecule has 0 aliphatic heterocycles. The first kappa shape index (κ1) is 23.5. The third-order valence-corrected chi connectivity index (χ3v) is 3.93. The minimum Gasteiger partial charge on any atom is -0.480 e. The molecule has 8 N–H and O–H groups in total. The van der Waals surface area contributed by atoms with Gasteiger partial charge in [0.2, 0.25) is 5.91 Å². The van der Waals surface area contributed by atoms with Crippen LogP contribution < -0.4 is 22.1 Å². The van der Waals surface area contributed by atoms with Crippen molar-refractivity contribution in [2.45, 2.75) is 44.2 Å². The third-order valence-electron chi connectivity index (χ3n) is 3.93. The summed E-state index contributed by atoms with van der Waals surface area (Å²) < 4.78 is 5.50. The number of nitrogens with one attached hydrogen (secondary N) is 2. The van der Waals surface area contributed by atoms with Crippen LogP contribution in [0, 0.1) is 0 Å². The Labute approximate surface area is 163 Å². The third kappa shape index (κ3) is 7.61. The number of aliphatic hydroxyl groups is 1. The normalized spacial score (nSPS) is 15.1. The lowest BCUT2D eigenvalue weighted by atomic mass is 10.1. The molecule has 10 heteroatoms. The molecule has 4 atom stereocenters. The predicted molar refractivity (Wildman–Crippen MR) is 101 cm³/mol. The summed E-state index contributed by atoms with van der Waals surface area (Å²) >= 11 is 0. The minimum absolute atomic E-state index is 0.00710. The Hall–Kier alpha value is -2.53. The summed E-state index contributed by atoms with van der Waals surface area (Å²) in [6, 6.07) is 6.53. The highest BCUT2D eigenvalue weighted by Crippen LogP contribution is 2.05. The van der Waals surface area contributed by atoms with Crippen LogP contribution in [0.3, 0.4) is 0 Å². The van der Waals surface area contributed by atoms with Gasteiger partial charge >= 0.3 is 5.97 Å². The van der Waals surface area contributed by atoms with Gasteiger partial charge in [-0.2, -0.15) is 0 Å². The highest BCUT2D eigenvalue weighted by molar-refractivity contribution is 5.92. The van der Waals surface area contributed by atoms with E-state index in [1.54, 1.807) is 0 Å². The van der Waals surface area contributed by atoms with Gasteiger partial charge in [0.25, 0.3) is 5.91 Å². The van der Waals surface area contributed by atoms with Gasteiger partial charge in [-0.1, -0.05) is 30.3 Å². The zero-order chi connectivity index (χ0) is 21.1. The van der Waals surface area contributed by atoms with E-state index in [-0.39, 0.29) is 26.1 Å². The Kier molecular flexibility index (Phi) is 10.1. The average molecular weight is 396 g/mol. The number of carboxylic acids is 1. The molecule has 0 fully saturated rings. The van der Waals surface area contributed by atoms with Crippen molar-refractivity contribution in [2.75, 3.05) is 13.1 Å². The van der Waals surface area contributed by atoms with Crippen LogP contribution in [0.4, 0.5) is 0 Å². The summed E-state index contributed by atoms with van der Waals surface area (Å²) in [5.74, 6) is -2.80. The van der Waals surface area contributed by atoms with Crippen molar-refractivity contribution >= 4 is 17.8 Å². The van der Waals surface area contributed by atoms with Gasteiger partial charge in [-0.05, 0) is 25.5 Å². The van der Waals surface area contributed by atoms with E-state index in [0.717, 1.165) is 5.56 Å². The standard InChI is InChI=1S/C18H28N4O6/c1-11(23)15(17(25)21-13(7-8-19)18(26)27)22-16(24)14(9-20)28-10-12-5-3-2-4-6-12/h2-6,11,13-15,23H,7-10,19-20H2,1H3,(H,21,25)(H,22,24)(H,26,27)/t11-,13-,14-,15-/m0/s1. The fourth-order valence-electron chi connectivity index (χ4n) is 2.36. The second-order valence-corrected chi connectivity index (χ2v) is 6.22. The summed E-state index contributed by atoms with van der Waals surface area (Å²) in [4.78, 5) is 35.9. The molecule has 0 radical (unpaired) electrons. The molecule has 0 saturated heterocycles. The smallest absolute Gasteiger partial charge is 0.326 e. The van der Waals surface area contributed by atoms with Crippen LogP contribution in [0.15, 0.2) is 30.3 Å². The maximum Gasteiger partial charge on any atom is 0.326 e. The molecule has 0 aliphatic carbocycles. The van der Waals surface area contributed by atoms with Gasteiger partial charge in [0.05, 0.1) is 12.7 Å². The van der Waals surface area contributed by atoms with Crippen molar-refractivity contribution in [1.82, 2.24) is 10.6 Å². The topological polar surface area (TPSA) is 177 Å². The number of benzene rings is 1. The van der Waals surface area contributed by atoms with Crippen molar-refractivity contribution in [2.24, 2.45) is 11.5 Å². The predicted octanol–water partition coefficient (Wildman–Crippen LogP) is -1.69. The molecule has 1 aromatic rings. The van der Waals surface area contributed by atoms with E-state index in [1.807, 2.05) is 30.3 Å². The van der Waals surface area contributed by atoms with Gasteiger partial charge < -0.3 is 37.1 Å². The highest BCUT2D eigenvalue weighted by atomic mass is 16.5. The Balaban J connectivity index is 2.72. The quantitative estimate of drug-likeness (QED) is 0.242. The number of aliphatic hydroxyl groups excluding tert-OH is 1. The van der Waals surface area contributed by atoms with Crippen LogP contribution in [-0.4, -0.2) is 65.4 Å². The summed E-state index contributed by atoms with van der Waals surface area (Å²) in [7, 11) is 0. The van der Waals surface area contributed by atoms with Crippen molar-refractivity contribution in [3.63, 3.8) is 0 Å². The molecule has 28 heavy (non-hydrogen) atoms. The number of ether oxygens (including phenoxy) is 1. The number of amides is 2. The van der Waals surface area contributed by atoms with Crippen LogP contribution in [0.5, 0.6) is 0 Å². The van der Waals surface area contributed by atoms with Crippen molar-refractivity contribution in [3.8, 4) is 0 Å². The maximum absolute atomic E-state index is 12.4.